The van der Waals surface area contributed by atoms with E-state index in [0.717, 1.165) is 49.5 Å². The van der Waals surface area contributed by atoms with E-state index in [1.807, 2.05) is 18.2 Å². The van der Waals surface area contributed by atoms with Crippen LogP contribution in [-0.4, -0.2) is 44.2 Å². The van der Waals surface area contributed by atoms with Crippen LogP contribution in [0.5, 0.6) is 11.5 Å². The predicted octanol–water partition coefficient (Wildman–Crippen LogP) is 1.72. The van der Waals surface area contributed by atoms with E-state index in [9.17, 15) is 5.11 Å². The number of hydrogen-bond acceptors (Lipinski definition) is 4. The first-order chi connectivity index (χ1) is 11.5. The Kier molecular flexibility index (Phi) is 6.90. The summed E-state index contributed by atoms with van der Waals surface area (Å²) in [5.41, 5.74) is 1.08. The van der Waals surface area contributed by atoms with Crippen molar-refractivity contribution in [3.63, 3.8) is 0 Å². The maximum absolute atomic E-state index is 10.5. The third-order valence-electron chi connectivity index (χ3n) is 5.16. The van der Waals surface area contributed by atoms with E-state index >= 15 is 0 Å². The maximum Gasteiger partial charge on any atom is 0.161 e. The van der Waals surface area contributed by atoms with Crippen molar-refractivity contribution in [2.24, 2.45) is 5.92 Å². The second-order valence-corrected chi connectivity index (χ2v) is 6.89. The fourth-order valence-corrected chi connectivity index (χ4v) is 3.37. The van der Waals surface area contributed by atoms with Crippen LogP contribution in [0.4, 0.5) is 0 Å². The van der Waals surface area contributed by atoms with Gasteiger partial charge in [-0.2, -0.15) is 0 Å². The van der Waals surface area contributed by atoms with Gasteiger partial charge in [-0.25, -0.2) is 0 Å². The van der Waals surface area contributed by atoms with Gasteiger partial charge in [0.2, 0.25) is 0 Å². The lowest BCUT2D eigenvalue weighted by molar-refractivity contribution is -0.677. The van der Waals surface area contributed by atoms with Gasteiger partial charge in [-0.05, 0) is 50.3 Å². The lowest BCUT2D eigenvalue weighted by Gasteiger charge is -2.39. The molecule has 1 heterocycles. The Bertz CT molecular complexity index is 522. The summed E-state index contributed by atoms with van der Waals surface area (Å²) in [5.74, 6) is 1.81. The second kappa shape index (κ2) is 8.70. The third-order valence-corrected chi connectivity index (χ3v) is 5.16. The Balaban J connectivity index is 1.83. The first-order valence-electron chi connectivity index (χ1n) is 8.86. The molecule has 0 spiro atoms. The Morgan fingerprint density at radius 2 is 2.08 bits per heavy atom. The average molecular weight is 338 g/mol. The molecule has 0 aliphatic carbocycles. The van der Waals surface area contributed by atoms with Gasteiger partial charge in [0.25, 0.3) is 0 Å². The van der Waals surface area contributed by atoms with E-state index in [2.05, 4.69) is 19.2 Å². The molecule has 5 nitrogen and oxygen atoms in total. The summed E-state index contributed by atoms with van der Waals surface area (Å²) in [5, 5.41) is 12.7. The fourth-order valence-electron chi connectivity index (χ4n) is 3.37. The van der Waals surface area contributed by atoms with E-state index in [4.69, 9.17) is 14.2 Å². The molecule has 24 heavy (non-hydrogen) atoms. The lowest BCUT2D eigenvalue weighted by Crippen LogP contribution is -2.85. The smallest absolute Gasteiger partial charge is 0.161 e. The molecule has 1 saturated heterocycles. The molecule has 0 amide bonds. The monoisotopic (exact) mass is 338 g/mol. The summed E-state index contributed by atoms with van der Waals surface area (Å²) >= 11 is 0. The average Bonchev–Trinajstić information content (AvgIpc) is 2.61. The van der Waals surface area contributed by atoms with Crippen LogP contribution in [0.3, 0.4) is 0 Å². The zero-order valence-corrected chi connectivity index (χ0v) is 15.4. The molecule has 1 aliphatic rings. The zero-order chi connectivity index (χ0) is 17.6. The van der Waals surface area contributed by atoms with Crippen molar-refractivity contribution in [1.29, 1.82) is 0 Å². The number of rotatable bonds is 8. The molecule has 0 saturated carbocycles. The number of aliphatic hydroxyl groups excluding tert-OH is 1. The number of hydrogen-bond donors (Lipinski definition) is 2. The molecule has 1 aromatic rings. The summed E-state index contributed by atoms with van der Waals surface area (Å²) in [6.45, 7) is 6.57. The highest BCUT2D eigenvalue weighted by Gasteiger charge is 2.35. The van der Waals surface area contributed by atoms with Gasteiger partial charge in [-0.3, -0.25) is 0 Å². The normalized spacial score (nSPS) is 25.3. The van der Waals surface area contributed by atoms with E-state index in [-0.39, 0.29) is 11.7 Å². The number of ether oxygens (including phenoxy) is 3. The molecule has 1 aromatic carbocycles. The van der Waals surface area contributed by atoms with E-state index in [1.54, 1.807) is 14.2 Å². The molecular formula is C19H32NO4+. The molecule has 1 aliphatic heterocycles. The van der Waals surface area contributed by atoms with Crippen LogP contribution in [-0.2, 0) is 11.3 Å². The summed E-state index contributed by atoms with van der Waals surface area (Å²) in [7, 11) is 3.28. The van der Waals surface area contributed by atoms with Crippen LogP contribution in [0.1, 0.15) is 38.7 Å². The highest BCUT2D eigenvalue weighted by Crippen LogP contribution is 2.33. The Hall–Kier alpha value is -1.30. The topological polar surface area (TPSA) is 64.5 Å². The van der Waals surface area contributed by atoms with Crippen molar-refractivity contribution in [3.05, 3.63) is 23.8 Å². The first kappa shape index (κ1) is 19.0. The van der Waals surface area contributed by atoms with Gasteiger partial charge in [0, 0.05) is 12.2 Å². The van der Waals surface area contributed by atoms with Crippen molar-refractivity contribution < 1.29 is 24.6 Å². The summed E-state index contributed by atoms with van der Waals surface area (Å²) in [4.78, 5) is 0. The SMILES string of the molecule is CC[C@]1(C)C[C@H]([C@H](O)C[NH2+]Cc2ccc(OC)c(OC)c2)CCO1. The van der Waals surface area contributed by atoms with Crippen LogP contribution < -0.4 is 14.8 Å². The minimum atomic E-state index is -0.292. The largest absolute Gasteiger partial charge is 0.493 e. The van der Waals surface area contributed by atoms with E-state index in [0.29, 0.717) is 12.5 Å². The van der Waals surface area contributed by atoms with Gasteiger partial charge in [-0.15, -0.1) is 0 Å². The van der Waals surface area contributed by atoms with Gasteiger partial charge >= 0.3 is 0 Å². The zero-order valence-electron chi connectivity index (χ0n) is 15.4. The highest BCUT2D eigenvalue weighted by molar-refractivity contribution is 5.42. The molecule has 136 valence electrons. The van der Waals surface area contributed by atoms with Crippen molar-refractivity contribution >= 4 is 0 Å². The fraction of sp³-hybridized carbons (Fsp3) is 0.684. The molecule has 3 atom stereocenters. The maximum atomic E-state index is 10.5. The van der Waals surface area contributed by atoms with Gasteiger partial charge in [0.1, 0.15) is 19.2 Å². The molecule has 0 bridgehead atoms. The van der Waals surface area contributed by atoms with Gasteiger partial charge < -0.3 is 24.6 Å². The summed E-state index contributed by atoms with van der Waals surface area (Å²) in [6, 6.07) is 5.95. The standard InChI is InChI=1S/C19H31NO4/c1-5-19(2)11-15(8-9-24-19)16(21)13-20-12-14-6-7-17(22-3)18(10-14)23-4/h6-7,10,15-16,20-21H,5,8-9,11-13H2,1-4H3/p+1/t15-,16-,19-/m1/s1. The highest BCUT2D eigenvalue weighted by atomic mass is 16.5. The van der Waals surface area contributed by atoms with Crippen molar-refractivity contribution in [2.45, 2.75) is 51.4 Å². The predicted molar refractivity (Wildman–Crippen MR) is 93.4 cm³/mol. The number of methoxy groups -OCH3 is 2. The van der Waals surface area contributed by atoms with Crippen LogP contribution >= 0.6 is 0 Å². The minimum Gasteiger partial charge on any atom is -0.493 e. The van der Waals surface area contributed by atoms with Crippen molar-refractivity contribution in [3.8, 4) is 11.5 Å². The Morgan fingerprint density at radius 1 is 1.33 bits per heavy atom. The summed E-state index contributed by atoms with van der Waals surface area (Å²) in [6.07, 6.45) is 2.58. The minimum absolute atomic E-state index is 0.0761. The molecule has 0 unspecified atom stereocenters. The van der Waals surface area contributed by atoms with E-state index < -0.39 is 0 Å². The molecule has 3 N–H and O–H groups in total. The number of benzene rings is 1. The Morgan fingerprint density at radius 3 is 2.75 bits per heavy atom. The lowest BCUT2D eigenvalue weighted by atomic mass is 9.82. The quantitative estimate of drug-likeness (QED) is 0.758. The van der Waals surface area contributed by atoms with Gasteiger partial charge in [-0.1, -0.05) is 6.92 Å². The number of nitrogens with two attached hydrogens (primary N) is 1. The van der Waals surface area contributed by atoms with E-state index in [1.165, 1.54) is 0 Å². The second-order valence-electron chi connectivity index (χ2n) is 6.89. The molecular weight excluding hydrogens is 306 g/mol. The number of quaternary nitrogens is 1. The summed E-state index contributed by atoms with van der Waals surface area (Å²) < 4.78 is 16.5. The third kappa shape index (κ3) is 4.85. The molecule has 5 heteroatoms. The molecule has 0 aromatic heterocycles. The molecule has 2 rings (SSSR count). The van der Waals surface area contributed by atoms with Crippen molar-refractivity contribution in [1.82, 2.24) is 0 Å². The van der Waals surface area contributed by atoms with Crippen LogP contribution in [0, 0.1) is 5.92 Å². The van der Waals surface area contributed by atoms with Crippen LogP contribution in [0.15, 0.2) is 18.2 Å². The molecule has 1 fully saturated rings. The number of aliphatic hydroxyl groups is 1. The van der Waals surface area contributed by atoms with Crippen molar-refractivity contribution in [2.75, 3.05) is 27.4 Å². The Labute approximate surface area is 145 Å². The van der Waals surface area contributed by atoms with Crippen LogP contribution in [0.2, 0.25) is 0 Å². The first-order valence-corrected chi connectivity index (χ1v) is 8.86. The van der Waals surface area contributed by atoms with Gasteiger partial charge in [0.15, 0.2) is 11.5 Å². The van der Waals surface area contributed by atoms with Crippen LogP contribution in [0.25, 0.3) is 0 Å². The van der Waals surface area contributed by atoms with Gasteiger partial charge in [0.05, 0.1) is 19.8 Å². The molecule has 0 radical (unpaired) electrons.